The maximum atomic E-state index is 10.8. The number of nitrogens with two attached hydrogens (primary N) is 1. The van der Waals surface area contributed by atoms with E-state index in [0.29, 0.717) is 0 Å². The monoisotopic (exact) mass is 262 g/mol. The Bertz CT molecular complexity index is 427. The second-order valence-corrected chi connectivity index (χ2v) is 5.20. The van der Waals surface area contributed by atoms with E-state index in [4.69, 9.17) is 5.73 Å². The van der Waals surface area contributed by atoms with Crippen LogP contribution >= 0.6 is 0 Å². The zero-order valence-electron chi connectivity index (χ0n) is 11.4. The van der Waals surface area contributed by atoms with Gasteiger partial charge in [0.2, 0.25) is 0 Å². The maximum Gasteiger partial charge on any atom is 0.316 e. The van der Waals surface area contributed by atoms with Crippen LogP contribution < -0.4 is 16.4 Å². The van der Waals surface area contributed by atoms with E-state index in [0.717, 1.165) is 23.8 Å². The van der Waals surface area contributed by atoms with Gasteiger partial charge in [0.1, 0.15) is 0 Å². The number of rotatable bonds is 4. The molecular formula is C14H22N4O. The van der Waals surface area contributed by atoms with Crippen molar-refractivity contribution in [3.05, 3.63) is 24.3 Å². The first kappa shape index (κ1) is 13.7. The number of piperidine rings is 1. The third kappa shape index (κ3) is 4.44. The highest BCUT2D eigenvalue weighted by molar-refractivity contribution is 5.88. The lowest BCUT2D eigenvalue weighted by atomic mass is 9.97. The standard InChI is InChI=1S/C14H22N4O/c1-18-7-5-11(6-8-18)10-16-12-3-2-4-13(9-12)17-14(15)19/h2-4,9,11,16H,5-8,10H2,1H3,(H3,15,17,19). The van der Waals surface area contributed by atoms with Crippen molar-refractivity contribution >= 4 is 17.4 Å². The summed E-state index contributed by atoms with van der Waals surface area (Å²) in [5.41, 5.74) is 6.85. The van der Waals surface area contributed by atoms with Crippen molar-refractivity contribution < 1.29 is 4.79 Å². The fourth-order valence-electron chi connectivity index (χ4n) is 2.38. The molecule has 5 heteroatoms. The summed E-state index contributed by atoms with van der Waals surface area (Å²) < 4.78 is 0. The Labute approximate surface area is 114 Å². The molecule has 4 N–H and O–H groups in total. The molecule has 1 saturated heterocycles. The lowest BCUT2D eigenvalue weighted by Gasteiger charge is -2.29. The molecule has 1 aliphatic rings. The van der Waals surface area contributed by atoms with Crippen molar-refractivity contribution in [3.8, 4) is 0 Å². The number of anilines is 2. The van der Waals surface area contributed by atoms with E-state index < -0.39 is 6.03 Å². The van der Waals surface area contributed by atoms with E-state index in [9.17, 15) is 4.79 Å². The first-order valence-electron chi connectivity index (χ1n) is 6.72. The fourth-order valence-corrected chi connectivity index (χ4v) is 2.38. The van der Waals surface area contributed by atoms with E-state index in [1.807, 2.05) is 24.3 Å². The quantitative estimate of drug-likeness (QED) is 0.776. The number of amides is 2. The number of benzene rings is 1. The van der Waals surface area contributed by atoms with Gasteiger partial charge in [-0.2, -0.15) is 0 Å². The molecule has 1 aliphatic heterocycles. The third-order valence-electron chi connectivity index (χ3n) is 3.56. The lowest BCUT2D eigenvalue weighted by molar-refractivity contribution is 0.226. The summed E-state index contributed by atoms with van der Waals surface area (Å²) in [6, 6.07) is 7.10. The first-order chi connectivity index (χ1) is 9.13. The van der Waals surface area contributed by atoms with E-state index in [2.05, 4.69) is 22.6 Å². The first-order valence-corrected chi connectivity index (χ1v) is 6.72. The van der Waals surface area contributed by atoms with E-state index in [1.165, 1.54) is 25.9 Å². The zero-order chi connectivity index (χ0) is 13.7. The minimum atomic E-state index is -0.535. The van der Waals surface area contributed by atoms with Crippen molar-refractivity contribution in [2.24, 2.45) is 11.7 Å². The van der Waals surface area contributed by atoms with Crippen LogP contribution in [-0.2, 0) is 0 Å². The predicted octanol–water partition coefficient (Wildman–Crippen LogP) is 1.93. The van der Waals surface area contributed by atoms with Gasteiger partial charge in [0, 0.05) is 17.9 Å². The SMILES string of the molecule is CN1CCC(CNc2cccc(NC(N)=O)c2)CC1. The van der Waals surface area contributed by atoms with E-state index in [1.54, 1.807) is 0 Å². The molecule has 5 nitrogen and oxygen atoms in total. The highest BCUT2D eigenvalue weighted by atomic mass is 16.2. The second-order valence-electron chi connectivity index (χ2n) is 5.20. The van der Waals surface area contributed by atoms with Gasteiger partial charge in [-0.3, -0.25) is 0 Å². The van der Waals surface area contributed by atoms with Crippen molar-refractivity contribution in [2.45, 2.75) is 12.8 Å². The number of nitrogens with one attached hydrogen (secondary N) is 2. The van der Waals surface area contributed by atoms with Gasteiger partial charge in [-0.05, 0) is 57.1 Å². The summed E-state index contributed by atoms with van der Waals surface area (Å²) in [7, 11) is 2.17. The molecule has 1 fully saturated rings. The Hall–Kier alpha value is -1.75. The molecule has 0 spiro atoms. The largest absolute Gasteiger partial charge is 0.385 e. The number of likely N-dealkylation sites (tertiary alicyclic amines) is 1. The molecule has 0 aliphatic carbocycles. The summed E-state index contributed by atoms with van der Waals surface area (Å²) in [4.78, 5) is 13.2. The van der Waals surface area contributed by atoms with Crippen molar-refractivity contribution in [1.82, 2.24) is 4.90 Å². The van der Waals surface area contributed by atoms with E-state index >= 15 is 0 Å². The minimum absolute atomic E-state index is 0.535. The number of primary amides is 1. The van der Waals surface area contributed by atoms with Crippen molar-refractivity contribution in [1.29, 1.82) is 0 Å². The second kappa shape index (κ2) is 6.43. The molecule has 2 rings (SSSR count). The van der Waals surface area contributed by atoms with Crippen LogP contribution in [-0.4, -0.2) is 37.6 Å². The molecule has 1 aromatic carbocycles. The van der Waals surface area contributed by atoms with Crippen LogP contribution in [0.15, 0.2) is 24.3 Å². The minimum Gasteiger partial charge on any atom is -0.385 e. The third-order valence-corrected chi connectivity index (χ3v) is 3.56. The van der Waals surface area contributed by atoms with Gasteiger partial charge in [0.25, 0.3) is 0 Å². The van der Waals surface area contributed by atoms with Crippen LogP contribution in [0, 0.1) is 5.92 Å². The Balaban J connectivity index is 1.83. The Morgan fingerprint density at radius 3 is 2.74 bits per heavy atom. The summed E-state index contributed by atoms with van der Waals surface area (Å²) >= 11 is 0. The molecule has 0 atom stereocenters. The van der Waals surface area contributed by atoms with Crippen molar-refractivity contribution in [3.63, 3.8) is 0 Å². The average Bonchev–Trinajstić information content (AvgIpc) is 2.38. The number of nitrogens with zero attached hydrogens (tertiary/aromatic N) is 1. The molecule has 104 valence electrons. The summed E-state index contributed by atoms with van der Waals surface area (Å²) in [6.07, 6.45) is 2.48. The number of carbonyl (C=O) groups is 1. The highest BCUT2D eigenvalue weighted by Crippen LogP contribution is 2.19. The topological polar surface area (TPSA) is 70.4 Å². The van der Waals surface area contributed by atoms with Crippen LogP contribution in [0.3, 0.4) is 0 Å². The molecule has 0 radical (unpaired) electrons. The summed E-state index contributed by atoms with van der Waals surface area (Å²) in [5, 5.41) is 6.01. The number of carbonyl (C=O) groups excluding carboxylic acids is 1. The lowest BCUT2D eigenvalue weighted by Crippen LogP contribution is -2.32. The Morgan fingerprint density at radius 1 is 1.37 bits per heavy atom. The smallest absolute Gasteiger partial charge is 0.316 e. The molecule has 0 bridgehead atoms. The maximum absolute atomic E-state index is 10.8. The van der Waals surface area contributed by atoms with E-state index in [-0.39, 0.29) is 0 Å². The van der Waals surface area contributed by atoms with Crippen LogP contribution in [0.2, 0.25) is 0 Å². The van der Waals surface area contributed by atoms with Gasteiger partial charge in [0.05, 0.1) is 0 Å². The fraction of sp³-hybridized carbons (Fsp3) is 0.500. The van der Waals surface area contributed by atoms with Gasteiger partial charge in [0.15, 0.2) is 0 Å². The molecule has 0 aromatic heterocycles. The van der Waals surface area contributed by atoms with Crippen LogP contribution in [0.4, 0.5) is 16.2 Å². The summed E-state index contributed by atoms with van der Waals surface area (Å²) in [6.45, 7) is 3.33. The molecule has 0 unspecified atom stereocenters. The molecule has 1 aromatic rings. The molecule has 19 heavy (non-hydrogen) atoms. The Morgan fingerprint density at radius 2 is 2.05 bits per heavy atom. The predicted molar refractivity (Wildman–Crippen MR) is 78.4 cm³/mol. The zero-order valence-corrected chi connectivity index (χ0v) is 11.4. The van der Waals surface area contributed by atoms with Crippen LogP contribution in [0.25, 0.3) is 0 Å². The van der Waals surface area contributed by atoms with Crippen LogP contribution in [0.1, 0.15) is 12.8 Å². The van der Waals surface area contributed by atoms with Gasteiger partial charge in [-0.1, -0.05) is 6.07 Å². The van der Waals surface area contributed by atoms with Gasteiger partial charge in [-0.15, -0.1) is 0 Å². The van der Waals surface area contributed by atoms with Crippen molar-refractivity contribution in [2.75, 3.05) is 37.3 Å². The highest BCUT2D eigenvalue weighted by Gasteiger charge is 2.16. The number of hydrogen-bond acceptors (Lipinski definition) is 3. The summed E-state index contributed by atoms with van der Waals surface area (Å²) in [5.74, 6) is 0.726. The molecule has 2 amide bonds. The van der Waals surface area contributed by atoms with Gasteiger partial charge < -0.3 is 21.3 Å². The normalized spacial score (nSPS) is 17.1. The Kier molecular flexibility index (Phi) is 4.63. The molecule has 1 heterocycles. The number of urea groups is 1. The molecule has 0 saturated carbocycles. The van der Waals surface area contributed by atoms with Gasteiger partial charge >= 0.3 is 6.03 Å². The number of hydrogen-bond donors (Lipinski definition) is 3. The van der Waals surface area contributed by atoms with Crippen LogP contribution in [0.5, 0.6) is 0 Å². The molecular weight excluding hydrogens is 240 g/mol. The average molecular weight is 262 g/mol. The van der Waals surface area contributed by atoms with Gasteiger partial charge in [-0.25, -0.2) is 4.79 Å².